The Morgan fingerprint density at radius 1 is 0.724 bits per heavy atom. The van der Waals surface area contributed by atoms with Crippen molar-refractivity contribution in [3.63, 3.8) is 0 Å². The van der Waals surface area contributed by atoms with Crippen LogP contribution in [0.4, 0.5) is 0 Å². The van der Waals surface area contributed by atoms with Gasteiger partial charge in [0, 0.05) is 0 Å². The van der Waals surface area contributed by atoms with Crippen molar-refractivity contribution < 1.29 is 32.6 Å². The first-order chi connectivity index (χ1) is 13.3. The smallest absolute Gasteiger partial charge is 0.302 e. The topological polar surface area (TPSA) is 113 Å². The molecule has 7 nitrogen and oxygen atoms in total. The van der Waals surface area contributed by atoms with Crippen molar-refractivity contribution in [3.8, 4) is 0 Å². The van der Waals surface area contributed by atoms with Crippen LogP contribution < -0.4 is 0 Å². The van der Waals surface area contributed by atoms with E-state index in [0.29, 0.717) is 0 Å². The van der Waals surface area contributed by atoms with Gasteiger partial charge in [0.2, 0.25) is 0 Å². The van der Waals surface area contributed by atoms with E-state index in [1.807, 2.05) is 6.92 Å². The van der Waals surface area contributed by atoms with Gasteiger partial charge >= 0.3 is 15.6 Å². The van der Waals surface area contributed by atoms with Gasteiger partial charge in [0.05, 0.1) is 6.61 Å². The van der Waals surface area contributed by atoms with Crippen LogP contribution in [0.25, 0.3) is 0 Å². The Balaban J connectivity index is 4.20. The van der Waals surface area contributed by atoms with E-state index < -0.39 is 15.6 Å². The van der Waals surface area contributed by atoms with Crippen molar-refractivity contribution in [1.82, 2.24) is 0 Å². The largest absolute Gasteiger partial charge is 0.481 e. The zero-order chi connectivity index (χ0) is 22.5. The highest BCUT2D eigenvalue weighted by atomic mass is 31.3. The summed E-state index contributed by atoms with van der Waals surface area (Å²) in [5.74, 6) is 0. The van der Waals surface area contributed by atoms with Crippen molar-refractivity contribution in [2.75, 3.05) is 6.61 Å². The third kappa shape index (κ3) is 19.0. The summed E-state index contributed by atoms with van der Waals surface area (Å²) in [4.78, 5) is 26.2. The van der Waals surface area contributed by atoms with Gasteiger partial charge in [-0.2, -0.15) is 4.31 Å². The standard InChI is InChI=1S/C20H36O7P2/c1-17(2)9-6-10-18(3)11-7-12-19(4)13-8-14-20(5)15-16-26-29(24,25)27-28(21,22)23/h9,11,13,15H,6-8,10,12,14,16H2,1-5H3,(H,24,25)(H2,21,22,23)/b18-11+,19-13+,20-15+/i1+1,10+1,12+1,14+1/b17-9-,18-11+,19-13+,20-15+. The van der Waals surface area contributed by atoms with Crippen molar-refractivity contribution >= 4 is 15.6 Å². The predicted molar refractivity (Wildman–Crippen MR) is 117 cm³/mol. The Hall–Kier alpha value is -0.780. The molecule has 0 aliphatic heterocycles. The van der Waals surface area contributed by atoms with Gasteiger partial charge in [0.1, 0.15) is 0 Å². The summed E-state index contributed by atoms with van der Waals surface area (Å²) in [7, 11) is -9.85. The fraction of sp³-hybridized carbons (Fsp3) is 0.600. The third-order valence-electron chi connectivity index (χ3n) is 4.03. The summed E-state index contributed by atoms with van der Waals surface area (Å²) < 4.78 is 30.1. The monoisotopic (exact) mass is 454 g/mol. The van der Waals surface area contributed by atoms with Gasteiger partial charge in [-0.25, -0.2) is 9.13 Å². The molecule has 0 fully saturated rings. The van der Waals surface area contributed by atoms with E-state index in [-0.39, 0.29) is 6.61 Å². The molecule has 0 aromatic carbocycles. The molecule has 9 heteroatoms. The highest BCUT2D eigenvalue weighted by molar-refractivity contribution is 7.60. The van der Waals surface area contributed by atoms with Gasteiger partial charge in [0.15, 0.2) is 0 Å². The van der Waals surface area contributed by atoms with Crippen LogP contribution in [0.2, 0.25) is 0 Å². The first kappa shape index (κ1) is 28.2. The fourth-order valence-corrected chi connectivity index (χ4v) is 3.95. The summed E-state index contributed by atoms with van der Waals surface area (Å²) in [6.45, 7) is 10.1. The average molecular weight is 454 g/mol. The maximum Gasteiger partial charge on any atom is 0.481 e. The molecule has 0 rings (SSSR count). The van der Waals surface area contributed by atoms with Crippen LogP contribution in [-0.2, 0) is 18.0 Å². The van der Waals surface area contributed by atoms with E-state index in [1.54, 1.807) is 6.08 Å². The van der Waals surface area contributed by atoms with Crippen molar-refractivity contribution in [2.45, 2.75) is 73.1 Å². The number of phosphoric acid groups is 2. The second-order valence-corrected chi connectivity index (χ2v) is 10.2. The first-order valence-corrected chi connectivity index (χ1v) is 12.7. The lowest BCUT2D eigenvalue weighted by Crippen LogP contribution is -1.94. The van der Waals surface area contributed by atoms with Crippen molar-refractivity contribution in [3.05, 3.63) is 46.6 Å². The van der Waals surface area contributed by atoms with Gasteiger partial charge in [-0.15, -0.1) is 0 Å². The molecule has 3 N–H and O–H groups in total. The van der Waals surface area contributed by atoms with Gasteiger partial charge in [-0.1, -0.05) is 46.6 Å². The molecule has 0 bridgehead atoms. The van der Waals surface area contributed by atoms with Gasteiger partial charge < -0.3 is 14.7 Å². The van der Waals surface area contributed by atoms with Gasteiger partial charge in [0.25, 0.3) is 0 Å². The quantitative estimate of drug-likeness (QED) is 0.159. The maximum atomic E-state index is 11.3. The SMILES string of the molecule is C/C([13CH3])=C\C[13CH2]/C(C)=C/C[13CH2]/C(C)=C/C[13CH2]/C(C)=C/COP(=O)(O)OP(=O)(O)O. The fourth-order valence-electron chi connectivity index (χ4n) is 2.42. The van der Waals surface area contributed by atoms with Crippen LogP contribution in [0.5, 0.6) is 0 Å². The molecule has 0 aliphatic rings. The molecule has 0 spiro atoms. The molecule has 0 heterocycles. The summed E-state index contributed by atoms with van der Waals surface area (Å²) in [6.07, 6.45) is 14.1. The molecule has 168 valence electrons. The lowest BCUT2D eigenvalue weighted by atomic mass is 10.2. The van der Waals surface area contributed by atoms with Gasteiger partial charge in [-0.3, -0.25) is 4.52 Å². The summed E-state index contributed by atoms with van der Waals surface area (Å²) in [5, 5.41) is 0. The minimum Gasteiger partial charge on any atom is -0.302 e. The van der Waals surface area contributed by atoms with Crippen LogP contribution in [0.1, 0.15) is 73.1 Å². The van der Waals surface area contributed by atoms with E-state index >= 15 is 0 Å². The molecule has 0 amide bonds. The molecule has 1 unspecified atom stereocenters. The summed E-state index contributed by atoms with van der Waals surface area (Å²) >= 11 is 0. The minimum absolute atomic E-state index is 0.265. The number of allylic oxidation sites excluding steroid dienone is 7. The minimum atomic E-state index is -5.08. The van der Waals surface area contributed by atoms with E-state index in [0.717, 1.165) is 44.1 Å². The van der Waals surface area contributed by atoms with E-state index in [1.165, 1.54) is 16.7 Å². The Bertz CT molecular complexity index is 710. The number of phosphoric ester groups is 1. The molecular weight excluding hydrogens is 418 g/mol. The van der Waals surface area contributed by atoms with Crippen LogP contribution in [-0.4, -0.2) is 21.3 Å². The third-order valence-corrected chi connectivity index (χ3v) is 6.18. The second-order valence-electron chi connectivity index (χ2n) is 7.39. The Kier molecular flexibility index (Phi) is 13.9. The molecule has 29 heavy (non-hydrogen) atoms. The summed E-state index contributed by atoms with van der Waals surface area (Å²) in [5.41, 5.74) is 5.03. The number of hydrogen-bond donors (Lipinski definition) is 3. The van der Waals surface area contributed by atoms with Crippen molar-refractivity contribution in [1.29, 1.82) is 0 Å². The van der Waals surface area contributed by atoms with E-state index in [9.17, 15) is 14.0 Å². The van der Waals surface area contributed by atoms with Crippen molar-refractivity contribution in [2.24, 2.45) is 0 Å². The Labute approximate surface area is 175 Å². The van der Waals surface area contributed by atoms with E-state index in [2.05, 4.69) is 54.8 Å². The zero-order valence-corrected chi connectivity index (χ0v) is 19.9. The lowest BCUT2D eigenvalue weighted by molar-refractivity contribution is 0.191. The molecule has 0 aromatic rings. The predicted octanol–water partition coefficient (Wildman–Crippen LogP) is 6.36. The molecule has 0 saturated carbocycles. The van der Waals surface area contributed by atoms with Gasteiger partial charge in [-0.05, 0) is 73.1 Å². The highest BCUT2D eigenvalue weighted by Crippen LogP contribution is 2.57. The molecule has 0 aromatic heterocycles. The molecular formula is C20H36O7P2. The van der Waals surface area contributed by atoms with Crippen LogP contribution in [0, 0.1) is 0 Å². The zero-order valence-electron chi connectivity index (χ0n) is 18.1. The molecule has 0 aliphatic carbocycles. The second kappa shape index (κ2) is 14.3. The maximum absolute atomic E-state index is 11.3. The van der Waals surface area contributed by atoms with Crippen LogP contribution in [0.3, 0.4) is 0 Å². The lowest BCUT2D eigenvalue weighted by Gasteiger charge is -2.11. The molecule has 0 saturated heterocycles. The van der Waals surface area contributed by atoms with Crippen LogP contribution >= 0.6 is 15.6 Å². The number of hydrogen-bond acceptors (Lipinski definition) is 4. The highest BCUT2D eigenvalue weighted by Gasteiger charge is 2.31. The summed E-state index contributed by atoms with van der Waals surface area (Å²) in [6, 6.07) is 0. The van der Waals surface area contributed by atoms with E-state index in [4.69, 9.17) is 9.79 Å². The first-order valence-electron chi connectivity index (χ1n) is 9.65. The Morgan fingerprint density at radius 2 is 1.14 bits per heavy atom. The van der Waals surface area contributed by atoms with Crippen LogP contribution in [0.15, 0.2) is 46.6 Å². The average Bonchev–Trinajstić information content (AvgIpc) is 2.51. The Morgan fingerprint density at radius 3 is 1.55 bits per heavy atom. The molecule has 1 atom stereocenters. The normalized spacial score (nSPS) is 16.8. The number of rotatable bonds is 14. The molecule has 0 radical (unpaired) electrons.